The van der Waals surface area contributed by atoms with E-state index in [-0.39, 0.29) is 29.7 Å². The lowest BCUT2D eigenvalue weighted by Gasteiger charge is -2.29. The summed E-state index contributed by atoms with van der Waals surface area (Å²) >= 11 is 1.58. The normalized spacial score (nSPS) is 24.7. The topological polar surface area (TPSA) is 71.1 Å². The molecule has 0 spiro atoms. The van der Waals surface area contributed by atoms with Gasteiger partial charge in [0.1, 0.15) is 5.01 Å². The SMILES string of the molecule is Cc1csc(CNC(=O)C2CCC(NC(=O)C3CCCC3)CC2)n1. The van der Waals surface area contributed by atoms with Gasteiger partial charge in [-0.05, 0) is 45.4 Å². The van der Waals surface area contributed by atoms with E-state index in [0.717, 1.165) is 49.2 Å². The van der Waals surface area contributed by atoms with Crippen molar-refractivity contribution < 1.29 is 9.59 Å². The lowest BCUT2D eigenvalue weighted by Crippen LogP contribution is -2.42. The summed E-state index contributed by atoms with van der Waals surface area (Å²) in [6.45, 7) is 2.48. The molecule has 3 rings (SSSR count). The van der Waals surface area contributed by atoms with Crippen LogP contribution in [0.4, 0.5) is 0 Å². The number of nitrogens with zero attached hydrogens (tertiary/aromatic N) is 1. The molecule has 2 aliphatic rings. The molecule has 24 heavy (non-hydrogen) atoms. The Kier molecular flexibility index (Phi) is 5.87. The second kappa shape index (κ2) is 8.10. The molecule has 0 radical (unpaired) electrons. The van der Waals surface area contributed by atoms with Crippen LogP contribution in [0.2, 0.25) is 0 Å². The third kappa shape index (κ3) is 4.56. The molecule has 2 fully saturated rings. The quantitative estimate of drug-likeness (QED) is 0.858. The minimum Gasteiger partial charge on any atom is -0.353 e. The molecule has 0 unspecified atom stereocenters. The molecule has 2 saturated carbocycles. The number of carbonyl (C=O) groups excluding carboxylic acids is 2. The van der Waals surface area contributed by atoms with Crippen LogP contribution >= 0.6 is 11.3 Å². The van der Waals surface area contributed by atoms with Gasteiger partial charge in [-0.2, -0.15) is 0 Å². The Morgan fingerprint density at radius 3 is 2.38 bits per heavy atom. The fourth-order valence-electron chi connectivity index (χ4n) is 3.80. The average Bonchev–Trinajstić information content (AvgIpc) is 3.25. The zero-order chi connectivity index (χ0) is 16.9. The maximum Gasteiger partial charge on any atom is 0.223 e. The van der Waals surface area contributed by atoms with Crippen molar-refractivity contribution in [3.63, 3.8) is 0 Å². The predicted molar refractivity (Wildman–Crippen MR) is 94.5 cm³/mol. The van der Waals surface area contributed by atoms with Crippen LogP contribution in [-0.4, -0.2) is 22.8 Å². The van der Waals surface area contributed by atoms with E-state index in [1.165, 1.54) is 12.8 Å². The minimum atomic E-state index is 0.0747. The van der Waals surface area contributed by atoms with Crippen molar-refractivity contribution >= 4 is 23.2 Å². The third-order valence-corrected chi connectivity index (χ3v) is 6.22. The first-order valence-corrected chi connectivity index (χ1v) is 9.99. The van der Waals surface area contributed by atoms with Crippen molar-refractivity contribution in [3.05, 3.63) is 16.1 Å². The van der Waals surface area contributed by atoms with Gasteiger partial charge in [0.25, 0.3) is 0 Å². The number of hydrogen-bond acceptors (Lipinski definition) is 4. The van der Waals surface area contributed by atoms with Gasteiger partial charge in [0.05, 0.1) is 6.54 Å². The Morgan fingerprint density at radius 1 is 1.08 bits per heavy atom. The highest BCUT2D eigenvalue weighted by Gasteiger charge is 2.29. The van der Waals surface area contributed by atoms with E-state index < -0.39 is 0 Å². The van der Waals surface area contributed by atoms with Crippen LogP contribution in [0.5, 0.6) is 0 Å². The second-order valence-corrected chi connectivity index (χ2v) is 8.08. The molecule has 2 N–H and O–H groups in total. The average molecular weight is 350 g/mol. The highest BCUT2D eigenvalue weighted by atomic mass is 32.1. The largest absolute Gasteiger partial charge is 0.353 e. The Morgan fingerprint density at radius 2 is 1.75 bits per heavy atom. The third-order valence-electron chi connectivity index (χ3n) is 5.25. The van der Waals surface area contributed by atoms with Crippen molar-refractivity contribution in [1.82, 2.24) is 15.6 Å². The van der Waals surface area contributed by atoms with E-state index in [9.17, 15) is 9.59 Å². The van der Waals surface area contributed by atoms with Crippen LogP contribution in [-0.2, 0) is 16.1 Å². The maximum absolute atomic E-state index is 12.3. The Bertz CT molecular complexity index is 573. The van der Waals surface area contributed by atoms with E-state index in [1.54, 1.807) is 11.3 Å². The maximum atomic E-state index is 12.3. The smallest absolute Gasteiger partial charge is 0.223 e. The number of hydrogen-bond donors (Lipinski definition) is 2. The molecule has 2 amide bonds. The Labute approximate surface area is 147 Å². The summed E-state index contributed by atoms with van der Waals surface area (Å²) < 4.78 is 0. The molecule has 1 aromatic rings. The first-order valence-electron chi connectivity index (χ1n) is 9.11. The summed E-state index contributed by atoms with van der Waals surface area (Å²) in [5.74, 6) is 0.668. The first kappa shape index (κ1) is 17.4. The van der Waals surface area contributed by atoms with Gasteiger partial charge in [-0.1, -0.05) is 12.8 Å². The van der Waals surface area contributed by atoms with Crippen molar-refractivity contribution in [2.75, 3.05) is 0 Å². The molecular formula is C18H27N3O2S. The number of amides is 2. The van der Waals surface area contributed by atoms with Gasteiger partial charge in [0.2, 0.25) is 11.8 Å². The lowest BCUT2D eigenvalue weighted by molar-refractivity contribution is -0.126. The van der Waals surface area contributed by atoms with Crippen molar-refractivity contribution in [3.8, 4) is 0 Å². The van der Waals surface area contributed by atoms with Gasteiger partial charge in [-0.15, -0.1) is 11.3 Å². The molecule has 1 aromatic heterocycles. The van der Waals surface area contributed by atoms with E-state index in [4.69, 9.17) is 0 Å². The lowest BCUT2D eigenvalue weighted by atomic mass is 9.85. The van der Waals surface area contributed by atoms with Gasteiger partial charge < -0.3 is 10.6 Å². The first-order chi connectivity index (χ1) is 11.6. The predicted octanol–water partition coefficient (Wildman–Crippen LogP) is 2.93. The van der Waals surface area contributed by atoms with E-state index in [1.807, 2.05) is 12.3 Å². The number of aryl methyl sites for hydroxylation is 1. The van der Waals surface area contributed by atoms with Gasteiger partial charge in [-0.25, -0.2) is 4.98 Å². The molecule has 0 bridgehead atoms. The van der Waals surface area contributed by atoms with Gasteiger partial charge >= 0.3 is 0 Å². The van der Waals surface area contributed by atoms with Gasteiger partial charge in [-0.3, -0.25) is 9.59 Å². The van der Waals surface area contributed by atoms with Crippen LogP contribution in [0.25, 0.3) is 0 Å². The summed E-state index contributed by atoms with van der Waals surface area (Å²) in [4.78, 5) is 28.9. The van der Waals surface area contributed by atoms with E-state index >= 15 is 0 Å². The van der Waals surface area contributed by atoms with Crippen LogP contribution in [0.3, 0.4) is 0 Å². The molecule has 0 atom stereocenters. The number of thiazole rings is 1. The monoisotopic (exact) mass is 349 g/mol. The van der Waals surface area contributed by atoms with Crippen molar-refractivity contribution in [1.29, 1.82) is 0 Å². The second-order valence-electron chi connectivity index (χ2n) is 7.14. The summed E-state index contributed by atoms with van der Waals surface area (Å²) in [6.07, 6.45) is 7.99. The molecule has 1 heterocycles. The van der Waals surface area contributed by atoms with Crippen LogP contribution < -0.4 is 10.6 Å². The highest BCUT2D eigenvalue weighted by Crippen LogP contribution is 2.28. The fraction of sp³-hybridized carbons (Fsp3) is 0.722. The summed E-state index contributed by atoms with van der Waals surface area (Å²) in [5.41, 5.74) is 1.00. The number of nitrogens with one attached hydrogen (secondary N) is 2. The molecule has 6 heteroatoms. The molecule has 0 aliphatic heterocycles. The minimum absolute atomic E-state index is 0.0747. The Balaban J connectivity index is 1.38. The summed E-state index contributed by atoms with van der Waals surface area (Å²) in [7, 11) is 0. The molecule has 2 aliphatic carbocycles. The van der Waals surface area contributed by atoms with Crippen LogP contribution in [0.1, 0.15) is 62.1 Å². The zero-order valence-electron chi connectivity index (χ0n) is 14.3. The fourth-order valence-corrected chi connectivity index (χ4v) is 4.51. The summed E-state index contributed by atoms with van der Waals surface area (Å²) in [5, 5.41) is 9.16. The Hall–Kier alpha value is -1.43. The van der Waals surface area contributed by atoms with Gasteiger partial charge in [0.15, 0.2) is 0 Å². The standard InChI is InChI=1S/C18H27N3O2S/c1-12-11-24-16(20-12)10-19-17(22)14-6-8-15(9-7-14)21-18(23)13-4-2-3-5-13/h11,13-15H,2-10H2,1H3,(H,19,22)(H,21,23). The number of rotatable bonds is 5. The van der Waals surface area contributed by atoms with Gasteiger partial charge in [0, 0.05) is 29.0 Å². The highest BCUT2D eigenvalue weighted by molar-refractivity contribution is 7.09. The number of carbonyl (C=O) groups is 2. The molecule has 5 nitrogen and oxygen atoms in total. The molecule has 0 saturated heterocycles. The zero-order valence-corrected chi connectivity index (χ0v) is 15.2. The van der Waals surface area contributed by atoms with E-state index in [2.05, 4.69) is 15.6 Å². The number of aromatic nitrogens is 1. The molecule has 132 valence electrons. The van der Waals surface area contributed by atoms with Crippen LogP contribution in [0, 0.1) is 18.8 Å². The summed E-state index contributed by atoms with van der Waals surface area (Å²) in [6, 6.07) is 0.253. The van der Waals surface area contributed by atoms with Crippen molar-refractivity contribution in [2.24, 2.45) is 11.8 Å². The molecular weight excluding hydrogens is 322 g/mol. The van der Waals surface area contributed by atoms with E-state index in [0.29, 0.717) is 6.54 Å². The van der Waals surface area contributed by atoms with Crippen LogP contribution in [0.15, 0.2) is 5.38 Å². The van der Waals surface area contributed by atoms with Crippen molar-refractivity contribution in [2.45, 2.75) is 70.9 Å². The molecule has 0 aromatic carbocycles.